The van der Waals surface area contributed by atoms with E-state index in [2.05, 4.69) is 25.9 Å². The summed E-state index contributed by atoms with van der Waals surface area (Å²) >= 11 is 3.46. The summed E-state index contributed by atoms with van der Waals surface area (Å²) in [5.74, 6) is 1.20. The Morgan fingerprint density at radius 3 is 2.46 bits per heavy atom. The van der Waals surface area contributed by atoms with Crippen LogP contribution < -0.4 is 0 Å². The number of rotatable bonds is 2. The molecule has 0 bridgehead atoms. The molecule has 6 nitrogen and oxygen atoms in total. The lowest BCUT2D eigenvalue weighted by Gasteiger charge is -2.20. The van der Waals surface area contributed by atoms with E-state index in [1.807, 2.05) is 63.2 Å². The van der Waals surface area contributed by atoms with Crippen molar-refractivity contribution in [2.75, 3.05) is 0 Å². The monoisotopic (exact) mass is 439 g/mol. The standard InChI is InChI=1S/C21H18BrN3O3/c1-21(2,3)28-20(26)25-17-9-8-15(22)10-16(17)24-19(25)14-6-4-13(5-7-14)18-11-23-12-27-18/h4-12H,1-3H3. The van der Waals surface area contributed by atoms with Crippen LogP contribution in [-0.2, 0) is 4.74 Å². The zero-order valence-electron chi connectivity index (χ0n) is 15.6. The van der Waals surface area contributed by atoms with Gasteiger partial charge in [-0.05, 0) is 39.0 Å². The largest absolute Gasteiger partial charge is 0.444 e. The van der Waals surface area contributed by atoms with E-state index in [-0.39, 0.29) is 0 Å². The lowest BCUT2D eigenvalue weighted by atomic mass is 10.1. The lowest BCUT2D eigenvalue weighted by Crippen LogP contribution is -2.27. The van der Waals surface area contributed by atoms with Gasteiger partial charge < -0.3 is 9.15 Å². The Kier molecular flexibility index (Phi) is 4.55. The highest BCUT2D eigenvalue weighted by Gasteiger charge is 2.24. The number of ether oxygens (including phenoxy) is 1. The van der Waals surface area contributed by atoms with Crippen LogP contribution in [0.2, 0.25) is 0 Å². The first kappa shape index (κ1) is 18.4. The molecule has 142 valence electrons. The molecule has 28 heavy (non-hydrogen) atoms. The molecule has 4 aromatic rings. The van der Waals surface area contributed by atoms with Gasteiger partial charge in [0, 0.05) is 15.6 Å². The highest BCUT2D eigenvalue weighted by atomic mass is 79.9. The second-order valence-corrected chi connectivity index (χ2v) is 8.24. The Morgan fingerprint density at radius 1 is 1.11 bits per heavy atom. The van der Waals surface area contributed by atoms with Crippen molar-refractivity contribution in [3.05, 3.63) is 59.5 Å². The molecule has 7 heteroatoms. The van der Waals surface area contributed by atoms with Crippen LogP contribution in [0.5, 0.6) is 0 Å². The maximum atomic E-state index is 12.9. The summed E-state index contributed by atoms with van der Waals surface area (Å²) in [5, 5.41) is 0. The molecule has 0 unspecified atom stereocenters. The van der Waals surface area contributed by atoms with Crippen molar-refractivity contribution < 1.29 is 13.9 Å². The van der Waals surface area contributed by atoms with Gasteiger partial charge in [0.15, 0.2) is 18.0 Å². The summed E-state index contributed by atoms with van der Waals surface area (Å²) in [6.07, 6.45) is 2.58. The molecule has 0 saturated heterocycles. The number of hydrogen-bond acceptors (Lipinski definition) is 5. The first-order valence-electron chi connectivity index (χ1n) is 8.72. The average Bonchev–Trinajstić information content (AvgIpc) is 3.28. The van der Waals surface area contributed by atoms with Crippen molar-refractivity contribution in [2.24, 2.45) is 0 Å². The molecular weight excluding hydrogens is 422 g/mol. The van der Waals surface area contributed by atoms with Gasteiger partial charge in [-0.1, -0.05) is 40.2 Å². The van der Waals surface area contributed by atoms with Crippen LogP contribution >= 0.6 is 15.9 Å². The van der Waals surface area contributed by atoms with E-state index >= 15 is 0 Å². The van der Waals surface area contributed by atoms with E-state index < -0.39 is 11.7 Å². The molecule has 2 aromatic carbocycles. The molecule has 0 radical (unpaired) electrons. The van der Waals surface area contributed by atoms with E-state index in [4.69, 9.17) is 9.15 Å². The third-order valence-corrected chi connectivity index (χ3v) is 4.55. The predicted molar refractivity (Wildman–Crippen MR) is 110 cm³/mol. The van der Waals surface area contributed by atoms with Crippen LogP contribution in [0.1, 0.15) is 20.8 Å². The Bertz CT molecular complexity index is 1140. The van der Waals surface area contributed by atoms with Gasteiger partial charge in [-0.2, -0.15) is 0 Å². The normalized spacial score (nSPS) is 11.7. The van der Waals surface area contributed by atoms with Gasteiger partial charge >= 0.3 is 6.09 Å². The predicted octanol–water partition coefficient (Wildman–Crippen LogP) is 5.90. The zero-order valence-corrected chi connectivity index (χ0v) is 17.2. The first-order valence-corrected chi connectivity index (χ1v) is 9.52. The van der Waals surface area contributed by atoms with Gasteiger partial charge in [-0.3, -0.25) is 0 Å². The van der Waals surface area contributed by atoms with Gasteiger partial charge in [0.2, 0.25) is 0 Å². The van der Waals surface area contributed by atoms with Gasteiger partial charge in [-0.15, -0.1) is 0 Å². The van der Waals surface area contributed by atoms with Crippen LogP contribution in [0.25, 0.3) is 33.7 Å². The Morgan fingerprint density at radius 2 is 1.82 bits per heavy atom. The summed E-state index contributed by atoms with van der Waals surface area (Å²) in [5.41, 5.74) is 2.46. The van der Waals surface area contributed by atoms with Gasteiger partial charge in [0.05, 0.1) is 17.2 Å². The Labute approximate surface area is 170 Å². The number of carbonyl (C=O) groups is 1. The van der Waals surface area contributed by atoms with Crippen molar-refractivity contribution in [1.82, 2.24) is 14.5 Å². The molecule has 0 spiro atoms. The molecule has 0 atom stereocenters. The van der Waals surface area contributed by atoms with Crippen molar-refractivity contribution in [2.45, 2.75) is 26.4 Å². The van der Waals surface area contributed by atoms with E-state index in [1.54, 1.807) is 6.20 Å². The maximum absolute atomic E-state index is 12.9. The molecule has 0 saturated carbocycles. The molecular formula is C21H18BrN3O3. The molecule has 0 N–H and O–H groups in total. The third kappa shape index (κ3) is 3.57. The van der Waals surface area contributed by atoms with Gasteiger partial charge in [0.25, 0.3) is 0 Å². The SMILES string of the molecule is CC(C)(C)OC(=O)n1c(-c2ccc(-c3cnco3)cc2)nc2cc(Br)ccc21. The zero-order chi connectivity index (χ0) is 19.9. The van der Waals surface area contributed by atoms with Crippen LogP contribution in [0, 0.1) is 0 Å². The van der Waals surface area contributed by atoms with Gasteiger partial charge in [-0.25, -0.2) is 19.3 Å². The maximum Gasteiger partial charge on any atom is 0.420 e. The summed E-state index contributed by atoms with van der Waals surface area (Å²) in [7, 11) is 0. The van der Waals surface area contributed by atoms with Crippen molar-refractivity contribution in [3.63, 3.8) is 0 Å². The average molecular weight is 440 g/mol. The number of halogens is 1. The van der Waals surface area contributed by atoms with Crippen LogP contribution in [-0.4, -0.2) is 26.2 Å². The quantitative estimate of drug-likeness (QED) is 0.388. The number of oxazole rings is 1. The first-order chi connectivity index (χ1) is 13.3. The van der Waals surface area contributed by atoms with Crippen LogP contribution in [0.3, 0.4) is 0 Å². The smallest absolute Gasteiger partial charge is 0.420 e. The molecule has 2 heterocycles. The number of carbonyl (C=O) groups excluding carboxylic acids is 1. The molecule has 4 rings (SSSR count). The van der Waals surface area contributed by atoms with E-state index in [9.17, 15) is 4.79 Å². The summed E-state index contributed by atoms with van der Waals surface area (Å²) in [6, 6.07) is 13.2. The Hall–Kier alpha value is -2.93. The fraction of sp³-hybridized carbons (Fsp3) is 0.190. The second kappa shape index (κ2) is 6.91. The van der Waals surface area contributed by atoms with Crippen molar-refractivity contribution in [1.29, 1.82) is 0 Å². The minimum atomic E-state index is -0.615. The number of imidazole rings is 1. The minimum absolute atomic E-state index is 0.466. The molecule has 0 aliphatic heterocycles. The number of aromatic nitrogens is 3. The minimum Gasteiger partial charge on any atom is -0.444 e. The fourth-order valence-corrected chi connectivity index (χ4v) is 3.23. The Balaban J connectivity index is 1.83. The molecule has 0 fully saturated rings. The van der Waals surface area contributed by atoms with E-state index in [0.29, 0.717) is 22.6 Å². The summed E-state index contributed by atoms with van der Waals surface area (Å²) in [6.45, 7) is 5.52. The molecule has 0 aliphatic rings. The van der Waals surface area contributed by atoms with Gasteiger partial charge in [0.1, 0.15) is 5.60 Å². The second-order valence-electron chi connectivity index (χ2n) is 7.33. The third-order valence-electron chi connectivity index (χ3n) is 4.05. The number of hydrogen-bond donors (Lipinski definition) is 0. The van der Waals surface area contributed by atoms with Crippen LogP contribution in [0.4, 0.5) is 4.79 Å². The molecule has 2 aromatic heterocycles. The number of nitrogens with zero attached hydrogens (tertiary/aromatic N) is 3. The number of fused-ring (bicyclic) bond motifs is 1. The fourth-order valence-electron chi connectivity index (χ4n) is 2.88. The lowest BCUT2D eigenvalue weighted by molar-refractivity contribution is 0.0546. The number of benzene rings is 2. The van der Waals surface area contributed by atoms with E-state index in [1.165, 1.54) is 11.0 Å². The molecule has 0 amide bonds. The summed E-state index contributed by atoms with van der Waals surface area (Å²) in [4.78, 5) is 21.6. The highest BCUT2D eigenvalue weighted by Crippen LogP contribution is 2.29. The van der Waals surface area contributed by atoms with E-state index in [0.717, 1.165) is 15.6 Å². The summed E-state index contributed by atoms with van der Waals surface area (Å²) < 4.78 is 13.3. The van der Waals surface area contributed by atoms with Crippen molar-refractivity contribution >= 4 is 33.1 Å². The highest BCUT2D eigenvalue weighted by molar-refractivity contribution is 9.10. The topological polar surface area (TPSA) is 70.2 Å². The molecule has 0 aliphatic carbocycles. The van der Waals surface area contributed by atoms with Crippen molar-refractivity contribution in [3.8, 4) is 22.7 Å². The van der Waals surface area contributed by atoms with Crippen LogP contribution in [0.15, 0.2) is 63.9 Å².